The summed E-state index contributed by atoms with van der Waals surface area (Å²) in [6.07, 6.45) is 2.21. The number of rotatable bonds is 2. The normalized spacial score (nSPS) is 16.8. The van der Waals surface area contributed by atoms with Crippen LogP contribution in [0.25, 0.3) is 0 Å². The number of halogens is 1. The summed E-state index contributed by atoms with van der Waals surface area (Å²) in [5.74, 6) is 0.344. The van der Waals surface area contributed by atoms with E-state index in [0.29, 0.717) is 12.4 Å². The van der Waals surface area contributed by atoms with Gasteiger partial charge in [-0.1, -0.05) is 42.0 Å². The number of hydrogen-bond donors (Lipinski definition) is 0. The zero-order valence-electron chi connectivity index (χ0n) is 12.6. The molecule has 2 aromatic carbocycles. The lowest BCUT2D eigenvalue weighted by Crippen LogP contribution is -2.21. The fraction of sp³-hybridized carbons (Fsp3) is 0.167. The topological polar surface area (TPSA) is 43.1 Å². The molecule has 0 radical (unpaired) electrons. The first-order chi connectivity index (χ1) is 11.2. The van der Waals surface area contributed by atoms with Crippen LogP contribution in [-0.4, -0.2) is 20.5 Å². The van der Waals surface area contributed by atoms with Crippen LogP contribution in [0.5, 0.6) is 0 Å². The third-order valence-electron chi connectivity index (χ3n) is 4.11. The Morgan fingerprint density at radius 3 is 2.52 bits per heavy atom. The van der Waals surface area contributed by atoms with E-state index in [1.165, 1.54) is 24.0 Å². The SMILES string of the molecule is Cc1ccc(C2=Nc3ncnn3C(c3ccc(F)cc3)C2)cc1. The third-order valence-corrected chi connectivity index (χ3v) is 4.11. The Kier molecular flexibility index (Phi) is 3.26. The second-order valence-corrected chi connectivity index (χ2v) is 5.70. The molecule has 4 nitrogen and oxygen atoms in total. The number of aliphatic imine (C=N–C) groups is 1. The molecule has 0 spiro atoms. The average Bonchev–Trinajstić information content (AvgIpc) is 3.04. The van der Waals surface area contributed by atoms with Crippen LogP contribution in [0.4, 0.5) is 10.3 Å². The Balaban J connectivity index is 1.77. The van der Waals surface area contributed by atoms with Gasteiger partial charge in [-0.25, -0.2) is 14.1 Å². The van der Waals surface area contributed by atoms with Crippen molar-refractivity contribution < 1.29 is 4.39 Å². The predicted molar refractivity (Wildman–Crippen MR) is 86.6 cm³/mol. The van der Waals surface area contributed by atoms with Crippen molar-refractivity contribution in [1.82, 2.24) is 14.8 Å². The summed E-state index contributed by atoms with van der Waals surface area (Å²) in [6.45, 7) is 2.06. The molecule has 4 rings (SSSR count). The van der Waals surface area contributed by atoms with Crippen LogP contribution in [0.1, 0.15) is 29.2 Å². The van der Waals surface area contributed by atoms with Crippen molar-refractivity contribution in [2.75, 3.05) is 0 Å². The van der Waals surface area contributed by atoms with Crippen LogP contribution in [-0.2, 0) is 0 Å². The molecule has 0 aliphatic carbocycles. The van der Waals surface area contributed by atoms with E-state index in [1.54, 1.807) is 16.8 Å². The van der Waals surface area contributed by atoms with Gasteiger partial charge in [0.1, 0.15) is 12.1 Å². The molecule has 1 aromatic heterocycles. The quantitative estimate of drug-likeness (QED) is 0.722. The lowest BCUT2D eigenvalue weighted by molar-refractivity contribution is 0.529. The minimum Gasteiger partial charge on any atom is -0.222 e. The molecule has 1 atom stereocenters. The van der Waals surface area contributed by atoms with Crippen molar-refractivity contribution in [3.63, 3.8) is 0 Å². The highest BCUT2D eigenvalue weighted by molar-refractivity contribution is 6.02. The first-order valence-corrected chi connectivity index (χ1v) is 7.50. The zero-order chi connectivity index (χ0) is 15.8. The fourth-order valence-electron chi connectivity index (χ4n) is 2.85. The van der Waals surface area contributed by atoms with Gasteiger partial charge in [0, 0.05) is 6.42 Å². The highest BCUT2D eigenvalue weighted by Gasteiger charge is 2.26. The van der Waals surface area contributed by atoms with Gasteiger partial charge in [0.05, 0.1) is 11.8 Å². The van der Waals surface area contributed by atoms with Crippen LogP contribution < -0.4 is 0 Å². The number of aryl methyl sites for hydroxylation is 1. The lowest BCUT2D eigenvalue weighted by Gasteiger charge is -2.23. The van der Waals surface area contributed by atoms with Crippen LogP contribution in [0.2, 0.25) is 0 Å². The second-order valence-electron chi connectivity index (χ2n) is 5.70. The molecule has 0 saturated carbocycles. The monoisotopic (exact) mass is 306 g/mol. The molecule has 23 heavy (non-hydrogen) atoms. The van der Waals surface area contributed by atoms with Gasteiger partial charge in [0.15, 0.2) is 0 Å². The van der Waals surface area contributed by atoms with Crippen molar-refractivity contribution in [3.05, 3.63) is 77.4 Å². The molecule has 5 heteroatoms. The Morgan fingerprint density at radius 1 is 1.04 bits per heavy atom. The van der Waals surface area contributed by atoms with Crippen LogP contribution in [0, 0.1) is 12.7 Å². The van der Waals surface area contributed by atoms with Crippen molar-refractivity contribution in [3.8, 4) is 0 Å². The number of aromatic nitrogens is 3. The molecule has 0 N–H and O–H groups in total. The molecule has 0 amide bonds. The molecule has 0 bridgehead atoms. The molecule has 0 saturated heterocycles. The Bertz CT molecular complexity index is 863. The Labute approximate surface area is 133 Å². The van der Waals surface area contributed by atoms with Crippen LogP contribution >= 0.6 is 0 Å². The van der Waals surface area contributed by atoms with Crippen molar-refractivity contribution in [1.29, 1.82) is 0 Å². The van der Waals surface area contributed by atoms with Crippen LogP contribution in [0.15, 0.2) is 59.9 Å². The lowest BCUT2D eigenvalue weighted by atomic mass is 9.96. The summed E-state index contributed by atoms with van der Waals surface area (Å²) in [7, 11) is 0. The summed E-state index contributed by atoms with van der Waals surface area (Å²) >= 11 is 0. The van der Waals surface area contributed by atoms with E-state index in [4.69, 9.17) is 0 Å². The summed E-state index contributed by atoms with van der Waals surface area (Å²) in [5.41, 5.74) is 4.26. The molecule has 1 unspecified atom stereocenters. The van der Waals surface area contributed by atoms with E-state index in [1.807, 2.05) is 0 Å². The van der Waals surface area contributed by atoms with E-state index >= 15 is 0 Å². The Hall–Kier alpha value is -2.82. The first-order valence-electron chi connectivity index (χ1n) is 7.50. The van der Waals surface area contributed by atoms with E-state index in [-0.39, 0.29) is 11.9 Å². The summed E-state index contributed by atoms with van der Waals surface area (Å²) < 4.78 is 15.0. The number of fused-ring (bicyclic) bond motifs is 1. The molecule has 0 fully saturated rings. The summed E-state index contributed by atoms with van der Waals surface area (Å²) in [5, 5.41) is 4.28. The molecule has 2 heterocycles. The van der Waals surface area contributed by atoms with Gasteiger partial charge in [0.2, 0.25) is 5.95 Å². The fourth-order valence-corrected chi connectivity index (χ4v) is 2.85. The van der Waals surface area contributed by atoms with Crippen molar-refractivity contribution >= 4 is 11.7 Å². The minimum atomic E-state index is -0.240. The number of hydrogen-bond acceptors (Lipinski definition) is 3. The highest BCUT2D eigenvalue weighted by atomic mass is 19.1. The van der Waals surface area contributed by atoms with E-state index in [0.717, 1.165) is 16.8 Å². The van der Waals surface area contributed by atoms with Gasteiger partial charge >= 0.3 is 0 Å². The standard InChI is InChI=1S/C18H15FN4/c1-12-2-4-13(5-3-12)16-10-17(14-6-8-15(19)9-7-14)23-18(22-16)20-11-21-23/h2-9,11,17H,10H2,1H3. The third kappa shape index (κ3) is 2.54. The van der Waals surface area contributed by atoms with Gasteiger partial charge in [-0.3, -0.25) is 0 Å². The smallest absolute Gasteiger partial charge is 0.222 e. The molecule has 1 aliphatic heterocycles. The first kappa shape index (κ1) is 13.8. The van der Waals surface area contributed by atoms with E-state index in [9.17, 15) is 4.39 Å². The van der Waals surface area contributed by atoms with Crippen LogP contribution in [0.3, 0.4) is 0 Å². The highest BCUT2D eigenvalue weighted by Crippen LogP contribution is 2.32. The van der Waals surface area contributed by atoms with Gasteiger partial charge < -0.3 is 0 Å². The molecular formula is C18H15FN4. The van der Waals surface area contributed by atoms with E-state index in [2.05, 4.69) is 46.3 Å². The summed E-state index contributed by atoms with van der Waals surface area (Å²) in [6, 6.07) is 14.8. The predicted octanol–water partition coefficient (Wildman–Crippen LogP) is 3.84. The van der Waals surface area contributed by atoms with E-state index < -0.39 is 0 Å². The van der Waals surface area contributed by atoms with Gasteiger partial charge in [-0.2, -0.15) is 10.1 Å². The maximum Gasteiger partial charge on any atom is 0.248 e. The van der Waals surface area contributed by atoms with Gasteiger partial charge in [0.25, 0.3) is 0 Å². The molecule has 114 valence electrons. The molecular weight excluding hydrogens is 291 g/mol. The average molecular weight is 306 g/mol. The number of nitrogens with zero attached hydrogens (tertiary/aromatic N) is 4. The maximum atomic E-state index is 13.2. The second kappa shape index (κ2) is 5.43. The van der Waals surface area contributed by atoms with Gasteiger partial charge in [-0.15, -0.1) is 0 Å². The Morgan fingerprint density at radius 2 is 1.78 bits per heavy atom. The van der Waals surface area contributed by atoms with Crippen molar-refractivity contribution in [2.45, 2.75) is 19.4 Å². The van der Waals surface area contributed by atoms with Crippen molar-refractivity contribution in [2.24, 2.45) is 4.99 Å². The van der Waals surface area contributed by atoms with Gasteiger partial charge in [-0.05, 0) is 30.2 Å². The summed E-state index contributed by atoms with van der Waals surface area (Å²) in [4.78, 5) is 8.86. The molecule has 3 aromatic rings. The molecule has 1 aliphatic rings. The largest absolute Gasteiger partial charge is 0.248 e. The zero-order valence-corrected chi connectivity index (χ0v) is 12.6. The minimum absolute atomic E-state index is 0.0260. The maximum absolute atomic E-state index is 13.2. The number of benzene rings is 2.